The van der Waals surface area contributed by atoms with Crippen molar-refractivity contribution in [2.75, 3.05) is 0 Å². The average molecular weight is 246 g/mol. The van der Waals surface area contributed by atoms with Gasteiger partial charge in [-0.15, -0.1) is 12.3 Å². The van der Waals surface area contributed by atoms with Crippen LogP contribution in [-0.4, -0.2) is 12.1 Å². The van der Waals surface area contributed by atoms with E-state index in [0.717, 1.165) is 12.8 Å². The van der Waals surface area contributed by atoms with Crippen LogP contribution in [0.25, 0.3) is 0 Å². The van der Waals surface area contributed by atoms with Gasteiger partial charge in [0.25, 0.3) is 0 Å². The first-order valence-corrected chi connectivity index (χ1v) is 6.62. The second-order valence-corrected chi connectivity index (χ2v) is 6.62. The molecule has 0 amide bonds. The van der Waals surface area contributed by atoms with E-state index in [2.05, 4.69) is 39.7 Å². The van der Waals surface area contributed by atoms with Gasteiger partial charge in [-0.25, -0.2) is 0 Å². The molecule has 1 unspecified atom stereocenters. The minimum absolute atomic E-state index is 0.00745. The Morgan fingerprint density at radius 1 is 1.44 bits per heavy atom. The molecule has 98 valence electrons. The van der Waals surface area contributed by atoms with Crippen LogP contribution in [0.15, 0.2) is 11.6 Å². The van der Waals surface area contributed by atoms with Crippen molar-refractivity contribution in [3.05, 3.63) is 11.6 Å². The Bertz CT molecular complexity index is 421. The third-order valence-corrected chi connectivity index (χ3v) is 5.03. The normalized spacial score (nSPS) is 28.4. The molecule has 0 radical (unpaired) electrons. The van der Waals surface area contributed by atoms with E-state index in [1.807, 2.05) is 0 Å². The molecule has 0 aliphatic heterocycles. The molecule has 18 heavy (non-hydrogen) atoms. The monoisotopic (exact) mass is 246 g/mol. The molecule has 0 bridgehead atoms. The van der Waals surface area contributed by atoms with E-state index in [1.54, 1.807) is 0 Å². The summed E-state index contributed by atoms with van der Waals surface area (Å²) < 4.78 is 5.62. The van der Waals surface area contributed by atoms with Gasteiger partial charge in [-0.3, -0.25) is 4.79 Å². The van der Waals surface area contributed by atoms with E-state index < -0.39 is 0 Å². The quantitative estimate of drug-likeness (QED) is 0.434. The highest BCUT2D eigenvalue weighted by Gasteiger charge is 2.69. The molecule has 0 aromatic heterocycles. The van der Waals surface area contributed by atoms with Crippen molar-refractivity contribution in [1.29, 1.82) is 0 Å². The second kappa shape index (κ2) is 4.16. The Labute approximate surface area is 110 Å². The molecule has 0 saturated heterocycles. The number of esters is 1. The summed E-state index contributed by atoms with van der Waals surface area (Å²) in [5.74, 6) is 2.63. The van der Waals surface area contributed by atoms with Gasteiger partial charge in [-0.2, -0.15) is 0 Å². The van der Waals surface area contributed by atoms with E-state index in [4.69, 9.17) is 11.2 Å². The van der Waals surface area contributed by atoms with E-state index in [9.17, 15) is 4.79 Å². The van der Waals surface area contributed by atoms with Crippen LogP contribution in [-0.2, 0) is 9.53 Å². The third-order valence-electron chi connectivity index (χ3n) is 5.03. The number of hydrogen-bond acceptors (Lipinski definition) is 2. The van der Waals surface area contributed by atoms with Gasteiger partial charge >= 0.3 is 5.97 Å². The number of terminal acetylenes is 1. The fourth-order valence-corrected chi connectivity index (χ4v) is 3.14. The minimum Gasteiger partial charge on any atom is -0.461 e. The molecule has 2 nitrogen and oxygen atoms in total. The molecule has 2 aliphatic carbocycles. The highest BCUT2D eigenvalue weighted by Crippen LogP contribution is 2.68. The SMILES string of the molecule is C#CCC1=CCC(OC(=O)C2C(C)(C)C2(C)C)C1. The fraction of sp³-hybridized carbons (Fsp3) is 0.688. The maximum atomic E-state index is 12.2. The zero-order valence-corrected chi connectivity index (χ0v) is 11.7. The summed E-state index contributed by atoms with van der Waals surface area (Å²) in [6, 6.07) is 0. The van der Waals surface area contributed by atoms with Crippen molar-refractivity contribution in [2.24, 2.45) is 16.7 Å². The van der Waals surface area contributed by atoms with Crippen LogP contribution in [0.5, 0.6) is 0 Å². The molecule has 1 atom stereocenters. The summed E-state index contributed by atoms with van der Waals surface area (Å²) in [6.45, 7) is 8.54. The Morgan fingerprint density at radius 2 is 2.06 bits per heavy atom. The Kier molecular flexibility index (Phi) is 3.05. The third kappa shape index (κ3) is 1.96. The highest BCUT2D eigenvalue weighted by atomic mass is 16.5. The molecule has 1 saturated carbocycles. The number of carbonyl (C=O) groups excluding carboxylic acids is 1. The van der Waals surface area contributed by atoms with Crippen molar-refractivity contribution in [3.63, 3.8) is 0 Å². The van der Waals surface area contributed by atoms with Gasteiger partial charge in [-0.05, 0) is 10.8 Å². The molecule has 0 N–H and O–H groups in total. The van der Waals surface area contributed by atoms with Crippen LogP contribution in [0.3, 0.4) is 0 Å². The van der Waals surface area contributed by atoms with Gasteiger partial charge in [0.15, 0.2) is 0 Å². The summed E-state index contributed by atoms with van der Waals surface area (Å²) >= 11 is 0. The largest absolute Gasteiger partial charge is 0.461 e. The van der Waals surface area contributed by atoms with Crippen molar-refractivity contribution < 1.29 is 9.53 Å². The molecule has 1 fully saturated rings. The predicted molar refractivity (Wildman–Crippen MR) is 71.7 cm³/mol. The zero-order valence-electron chi connectivity index (χ0n) is 11.7. The smallest absolute Gasteiger partial charge is 0.310 e. The molecule has 2 aliphatic rings. The van der Waals surface area contributed by atoms with Crippen LogP contribution < -0.4 is 0 Å². The summed E-state index contributed by atoms with van der Waals surface area (Å²) in [7, 11) is 0. The van der Waals surface area contributed by atoms with Crippen LogP contribution >= 0.6 is 0 Å². The topological polar surface area (TPSA) is 26.3 Å². The van der Waals surface area contributed by atoms with Gasteiger partial charge in [0, 0.05) is 19.3 Å². The number of hydrogen-bond donors (Lipinski definition) is 0. The molecule has 0 aromatic rings. The highest BCUT2D eigenvalue weighted by molar-refractivity contribution is 5.79. The van der Waals surface area contributed by atoms with Gasteiger partial charge < -0.3 is 4.74 Å². The van der Waals surface area contributed by atoms with E-state index in [1.165, 1.54) is 5.57 Å². The van der Waals surface area contributed by atoms with E-state index in [0.29, 0.717) is 6.42 Å². The fourth-order valence-electron chi connectivity index (χ4n) is 3.14. The molecule has 0 heterocycles. The number of ether oxygens (including phenoxy) is 1. The van der Waals surface area contributed by atoms with Crippen LogP contribution in [0, 0.1) is 29.1 Å². The van der Waals surface area contributed by atoms with E-state index >= 15 is 0 Å². The van der Waals surface area contributed by atoms with Crippen molar-refractivity contribution in [1.82, 2.24) is 0 Å². The lowest BCUT2D eigenvalue weighted by Crippen LogP contribution is -2.19. The van der Waals surface area contributed by atoms with Gasteiger partial charge in [0.2, 0.25) is 0 Å². The van der Waals surface area contributed by atoms with Gasteiger partial charge in [0.05, 0.1) is 5.92 Å². The maximum absolute atomic E-state index is 12.2. The molecule has 2 rings (SSSR count). The molecule has 2 heteroatoms. The summed E-state index contributed by atoms with van der Waals surface area (Å²) in [5, 5.41) is 0. The van der Waals surface area contributed by atoms with Gasteiger partial charge in [-0.1, -0.05) is 39.3 Å². The lowest BCUT2D eigenvalue weighted by Gasteiger charge is -2.13. The summed E-state index contributed by atoms with van der Waals surface area (Å²) in [5.41, 5.74) is 1.33. The number of carbonyl (C=O) groups is 1. The van der Waals surface area contributed by atoms with Crippen LogP contribution in [0.1, 0.15) is 47.0 Å². The molecule has 0 aromatic carbocycles. The Hall–Kier alpha value is -1.23. The first kappa shape index (κ1) is 13.2. The molecular formula is C16H22O2. The Morgan fingerprint density at radius 3 is 2.56 bits per heavy atom. The lowest BCUT2D eigenvalue weighted by molar-refractivity contribution is -0.151. The van der Waals surface area contributed by atoms with Crippen LogP contribution in [0.2, 0.25) is 0 Å². The standard InChI is InChI=1S/C16H22O2/c1-6-7-11-8-9-12(10-11)18-14(17)13-15(2,3)16(13,4)5/h1,8,12-13H,7,9-10H2,2-5H3. The molecular weight excluding hydrogens is 224 g/mol. The van der Waals surface area contributed by atoms with Crippen molar-refractivity contribution >= 4 is 5.97 Å². The average Bonchev–Trinajstić information content (AvgIpc) is 2.59. The first-order chi connectivity index (χ1) is 8.30. The molecule has 0 spiro atoms. The summed E-state index contributed by atoms with van der Waals surface area (Å²) in [4.78, 5) is 12.2. The van der Waals surface area contributed by atoms with Crippen LogP contribution in [0.4, 0.5) is 0 Å². The zero-order chi connectivity index (χ0) is 13.6. The Balaban J connectivity index is 1.87. The summed E-state index contributed by atoms with van der Waals surface area (Å²) in [6.07, 6.45) is 9.71. The maximum Gasteiger partial charge on any atom is 0.310 e. The number of rotatable bonds is 3. The van der Waals surface area contributed by atoms with Gasteiger partial charge in [0.1, 0.15) is 6.10 Å². The first-order valence-electron chi connectivity index (χ1n) is 6.62. The second-order valence-electron chi connectivity index (χ2n) is 6.62. The predicted octanol–water partition coefficient (Wildman–Crippen LogP) is 3.32. The van der Waals surface area contributed by atoms with Crippen molar-refractivity contribution in [3.8, 4) is 12.3 Å². The van der Waals surface area contributed by atoms with Crippen molar-refractivity contribution in [2.45, 2.75) is 53.1 Å². The lowest BCUT2D eigenvalue weighted by atomic mass is 10.0. The minimum atomic E-state index is -0.0367. The van der Waals surface area contributed by atoms with E-state index in [-0.39, 0.29) is 28.8 Å².